The van der Waals surface area contributed by atoms with Crippen LogP contribution in [0.4, 0.5) is 0 Å². The van der Waals surface area contributed by atoms with Crippen molar-refractivity contribution in [3.05, 3.63) is 12.2 Å². The Hall–Kier alpha value is -0.790. The summed E-state index contributed by atoms with van der Waals surface area (Å²) in [7, 11) is 0. The first-order chi connectivity index (χ1) is 8.06. The van der Waals surface area contributed by atoms with E-state index >= 15 is 0 Å². The smallest absolute Gasteiger partial charge is 0.305 e. The molecule has 0 radical (unpaired) electrons. The van der Waals surface area contributed by atoms with Gasteiger partial charge in [-0.3, -0.25) is 4.79 Å². The molecule has 0 aromatic carbocycles. The quantitative estimate of drug-likeness (QED) is 0.340. The summed E-state index contributed by atoms with van der Waals surface area (Å²) in [5.41, 5.74) is 0. The molecule has 100 valence electrons. The Balaban J connectivity index is 3.39. The average molecular weight is 240 g/mol. The lowest BCUT2D eigenvalue weighted by Gasteiger charge is -2.09. The molecule has 0 N–H and O–H groups in total. The van der Waals surface area contributed by atoms with Gasteiger partial charge in [-0.2, -0.15) is 0 Å². The number of ether oxygens (including phenoxy) is 1. The van der Waals surface area contributed by atoms with E-state index < -0.39 is 0 Å². The molecule has 2 nitrogen and oxygen atoms in total. The molecule has 0 fully saturated rings. The molecule has 0 heterocycles. The summed E-state index contributed by atoms with van der Waals surface area (Å²) < 4.78 is 5.18. The molecule has 0 rings (SSSR count). The second-order valence-electron chi connectivity index (χ2n) is 5.11. The Labute approximate surface area is 106 Å². The van der Waals surface area contributed by atoms with E-state index in [0.717, 1.165) is 25.7 Å². The van der Waals surface area contributed by atoms with E-state index in [-0.39, 0.29) is 5.97 Å². The molecule has 0 saturated heterocycles. The first kappa shape index (κ1) is 16.2. The zero-order chi connectivity index (χ0) is 13.1. The van der Waals surface area contributed by atoms with Crippen LogP contribution in [-0.2, 0) is 9.53 Å². The minimum absolute atomic E-state index is 0.0434. The summed E-state index contributed by atoms with van der Waals surface area (Å²) in [5, 5.41) is 0. The molecular weight excluding hydrogens is 212 g/mol. The molecule has 1 unspecified atom stereocenters. The van der Waals surface area contributed by atoms with Crippen molar-refractivity contribution in [1.82, 2.24) is 0 Å². The summed E-state index contributed by atoms with van der Waals surface area (Å²) in [6.45, 7) is 9.12. The number of esters is 1. The summed E-state index contributed by atoms with van der Waals surface area (Å²) in [6.07, 6.45) is 9.11. The van der Waals surface area contributed by atoms with Gasteiger partial charge < -0.3 is 4.74 Å². The van der Waals surface area contributed by atoms with Crippen LogP contribution in [0.2, 0.25) is 0 Å². The number of carbonyl (C=O) groups is 1. The second kappa shape index (κ2) is 10.4. The van der Waals surface area contributed by atoms with Gasteiger partial charge in [0.25, 0.3) is 0 Å². The molecule has 0 bridgehead atoms. The van der Waals surface area contributed by atoms with Gasteiger partial charge in [-0.15, -0.1) is 0 Å². The maximum Gasteiger partial charge on any atom is 0.305 e. The zero-order valence-corrected chi connectivity index (χ0v) is 11.9. The monoisotopic (exact) mass is 240 g/mol. The van der Waals surface area contributed by atoms with Gasteiger partial charge in [-0.25, -0.2) is 0 Å². The van der Waals surface area contributed by atoms with E-state index in [2.05, 4.69) is 39.8 Å². The first-order valence-electron chi connectivity index (χ1n) is 6.88. The van der Waals surface area contributed by atoms with Gasteiger partial charge in [-0.05, 0) is 31.1 Å². The molecule has 0 saturated carbocycles. The van der Waals surface area contributed by atoms with Gasteiger partial charge in [0.05, 0.1) is 6.61 Å². The van der Waals surface area contributed by atoms with Gasteiger partial charge >= 0.3 is 5.97 Å². The van der Waals surface area contributed by atoms with E-state index in [1.807, 2.05) is 0 Å². The van der Waals surface area contributed by atoms with Crippen molar-refractivity contribution in [2.75, 3.05) is 6.61 Å². The number of rotatable bonds is 9. The van der Waals surface area contributed by atoms with Crippen molar-refractivity contribution in [2.24, 2.45) is 11.8 Å². The van der Waals surface area contributed by atoms with Crippen molar-refractivity contribution in [3.63, 3.8) is 0 Å². The van der Waals surface area contributed by atoms with Gasteiger partial charge in [0.1, 0.15) is 0 Å². The van der Waals surface area contributed by atoms with Crippen molar-refractivity contribution in [3.8, 4) is 0 Å². The Morgan fingerprint density at radius 3 is 2.53 bits per heavy atom. The number of allylic oxidation sites excluding steroid dienone is 2. The summed E-state index contributed by atoms with van der Waals surface area (Å²) in [6, 6.07) is 0. The maximum atomic E-state index is 11.4. The third-order valence-corrected chi connectivity index (χ3v) is 2.75. The van der Waals surface area contributed by atoms with E-state index in [4.69, 9.17) is 4.74 Å². The van der Waals surface area contributed by atoms with Crippen LogP contribution in [0, 0.1) is 11.8 Å². The van der Waals surface area contributed by atoms with Crippen LogP contribution in [-0.4, -0.2) is 12.6 Å². The Bertz CT molecular complexity index is 219. The number of hydrogen-bond acceptors (Lipinski definition) is 2. The fourth-order valence-corrected chi connectivity index (χ4v) is 1.33. The highest BCUT2D eigenvalue weighted by atomic mass is 16.5. The third-order valence-electron chi connectivity index (χ3n) is 2.75. The molecule has 0 aliphatic carbocycles. The zero-order valence-electron chi connectivity index (χ0n) is 11.9. The number of hydrogen-bond donors (Lipinski definition) is 0. The second-order valence-corrected chi connectivity index (χ2v) is 5.11. The molecule has 0 amide bonds. The van der Waals surface area contributed by atoms with Crippen molar-refractivity contribution in [2.45, 2.75) is 59.8 Å². The minimum atomic E-state index is -0.0434. The normalized spacial score (nSPS) is 13.2. The fourth-order valence-electron chi connectivity index (χ4n) is 1.33. The van der Waals surface area contributed by atoms with Crippen LogP contribution in [0.1, 0.15) is 59.8 Å². The molecule has 1 atom stereocenters. The topological polar surface area (TPSA) is 26.3 Å². The summed E-state index contributed by atoms with van der Waals surface area (Å²) in [5.74, 6) is 1.06. The van der Waals surface area contributed by atoms with E-state index in [1.54, 1.807) is 0 Å². The Morgan fingerprint density at radius 1 is 1.24 bits per heavy atom. The van der Waals surface area contributed by atoms with Crippen molar-refractivity contribution >= 4 is 5.97 Å². The Kier molecular flexibility index (Phi) is 9.89. The highest BCUT2D eigenvalue weighted by molar-refractivity contribution is 5.69. The van der Waals surface area contributed by atoms with E-state index in [9.17, 15) is 4.79 Å². The SMILES string of the molecule is CCC(C)COC(=O)CCCC/C=C/C(C)C. The van der Waals surface area contributed by atoms with Crippen LogP contribution in [0.3, 0.4) is 0 Å². The lowest BCUT2D eigenvalue weighted by Crippen LogP contribution is -2.10. The molecule has 2 heteroatoms. The molecule has 0 spiro atoms. The van der Waals surface area contributed by atoms with Crippen LogP contribution in [0.5, 0.6) is 0 Å². The standard InChI is InChI=1S/C15H28O2/c1-5-14(4)12-17-15(16)11-9-7-6-8-10-13(2)3/h8,10,13-14H,5-7,9,11-12H2,1-4H3/b10-8+. The average Bonchev–Trinajstić information content (AvgIpc) is 2.30. The van der Waals surface area contributed by atoms with Crippen LogP contribution < -0.4 is 0 Å². The molecule has 17 heavy (non-hydrogen) atoms. The largest absolute Gasteiger partial charge is 0.465 e. The van der Waals surface area contributed by atoms with Crippen LogP contribution in [0.25, 0.3) is 0 Å². The molecule has 0 aliphatic rings. The van der Waals surface area contributed by atoms with Gasteiger partial charge in [0.15, 0.2) is 0 Å². The predicted octanol–water partition coefficient (Wildman–Crippen LogP) is 4.35. The summed E-state index contributed by atoms with van der Waals surface area (Å²) in [4.78, 5) is 11.4. The fraction of sp³-hybridized carbons (Fsp3) is 0.800. The molecule has 0 aromatic rings. The lowest BCUT2D eigenvalue weighted by atomic mass is 10.1. The van der Waals surface area contributed by atoms with E-state index in [1.165, 1.54) is 0 Å². The molecule has 0 aliphatic heterocycles. The minimum Gasteiger partial charge on any atom is -0.465 e. The molecule has 0 aromatic heterocycles. The molecular formula is C15H28O2. The van der Waals surface area contributed by atoms with Crippen molar-refractivity contribution in [1.29, 1.82) is 0 Å². The van der Waals surface area contributed by atoms with Gasteiger partial charge in [0, 0.05) is 6.42 Å². The number of unbranched alkanes of at least 4 members (excludes halogenated alkanes) is 2. The lowest BCUT2D eigenvalue weighted by molar-refractivity contribution is -0.145. The predicted molar refractivity (Wildman–Crippen MR) is 72.9 cm³/mol. The Morgan fingerprint density at radius 2 is 1.94 bits per heavy atom. The highest BCUT2D eigenvalue weighted by Gasteiger charge is 2.05. The van der Waals surface area contributed by atoms with Gasteiger partial charge in [0.2, 0.25) is 0 Å². The van der Waals surface area contributed by atoms with Crippen LogP contribution >= 0.6 is 0 Å². The first-order valence-corrected chi connectivity index (χ1v) is 6.88. The third kappa shape index (κ3) is 11.5. The maximum absolute atomic E-state index is 11.4. The number of carbonyl (C=O) groups excluding carboxylic acids is 1. The van der Waals surface area contributed by atoms with Crippen molar-refractivity contribution < 1.29 is 9.53 Å². The van der Waals surface area contributed by atoms with Gasteiger partial charge in [-0.1, -0.05) is 46.3 Å². The van der Waals surface area contributed by atoms with Crippen LogP contribution in [0.15, 0.2) is 12.2 Å². The highest BCUT2D eigenvalue weighted by Crippen LogP contribution is 2.06. The summed E-state index contributed by atoms with van der Waals surface area (Å²) >= 11 is 0. The van der Waals surface area contributed by atoms with E-state index in [0.29, 0.717) is 24.9 Å².